The molecule has 0 saturated carbocycles. The molecule has 2 rings (SSSR count). The zero-order valence-corrected chi connectivity index (χ0v) is 13.4. The van der Waals surface area contributed by atoms with Crippen molar-refractivity contribution in [3.8, 4) is 17.2 Å². The Labute approximate surface area is 131 Å². The van der Waals surface area contributed by atoms with E-state index in [-0.39, 0.29) is 0 Å². The Hall–Kier alpha value is -1.23. The molecule has 0 radical (unpaired) electrons. The molecule has 0 fully saturated rings. The first-order chi connectivity index (χ1) is 9.52. The van der Waals surface area contributed by atoms with Crippen LogP contribution in [-0.4, -0.2) is 12.2 Å². The van der Waals surface area contributed by atoms with Crippen LogP contribution in [0.5, 0.6) is 17.2 Å². The summed E-state index contributed by atoms with van der Waals surface area (Å²) < 4.78 is 11.9. The first kappa shape index (κ1) is 15.2. The number of rotatable bonds is 4. The lowest BCUT2D eigenvalue weighted by Crippen LogP contribution is -2.00. The molecule has 3 nitrogen and oxygen atoms in total. The van der Waals surface area contributed by atoms with Gasteiger partial charge in [-0.15, -0.1) is 0 Å². The molecular weight excluding hydrogens is 344 g/mol. The van der Waals surface area contributed by atoms with E-state index < -0.39 is 6.10 Å². The van der Waals surface area contributed by atoms with Crippen LogP contribution in [0.3, 0.4) is 0 Å². The summed E-state index contributed by atoms with van der Waals surface area (Å²) in [6, 6.07) is 10.7. The minimum Gasteiger partial charge on any atom is -0.496 e. The molecule has 0 aromatic heterocycles. The van der Waals surface area contributed by atoms with Crippen molar-refractivity contribution in [1.82, 2.24) is 0 Å². The molecule has 1 unspecified atom stereocenters. The van der Waals surface area contributed by atoms with Gasteiger partial charge < -0.3 is 14.6 Å². The van der Waals surface area contributed by atoms with Crippen molar-refractivity contribution in [2.75, 3.05) is 7.11 Å². The van der Waals surface area contributed by atoms with Gasteiger partial charge in [-0.2, -0.15) is 0 Å². The molecule has 2 aromatic rings. The van der Waals surface area contributed by atoms with Crippen molar-refractivity contribution < 1.29 is 14.6 Å². The Morgan fingerprint density at radius 3 is 2.45 bits per heavy atom. The number of aliphatic hydroxyl groups excluding tert-OH is 1. The van der Waals surface area contributed by atoms with Crippen LogP contribution in [0, 0.1) is 0 Å². The van der Waals surface area contributed by atoms with Gasteiger partial charge in [0.1, 0.15) is 17.2 Å². The Balaban J connectivity index is 2.43. The van der Waals surface area contributed by atoms with Gasteiger partial charge in [0.05, 0.1) is 23.8 Å². The van der Waals surface area contributed by atoms with Gasteiger partial charge in [-0.25, -0.2) is 0 Å². The fourth-order valence-electron chi connectivity index (χ4n) is 1.88. The maximum atomic E-state index is 9.91. The molecule has 20 heavy (non-hydrogen) atoms. The van der Waals surface area contributed by atoms with Gasteiger partial charge in [0.15, 0.2) is 0 Å². The average Bonchev–Trinajstić information content (AvgIpc) is 2.41. The van der Waals surface area contributed by atoms with Gasteiger partial charge in [-0.05, 0) is 37.3 Å². The zero-order valence-electron chi connectivity index (χ0n) is 11.1. The predicted molar refractivity (Wildman–Crippen MR) is 82.9 cm³/mol. The number of halogens is 2. The molecule has 106 valence electrons. The number of ether oxygens (including phenoxy) is 2. The third kappa shape index (κ3) is 3.26. The fraction of sp³-hybridized carbons (Fsp3) is 0.200. The summed E-state index contributed by atoms with van der Waals surface area (Å²) in [7, 11) is 1.55. The summed E-state index contributed by atoms with van der Waals surface area (Å²) in [4.78, 5) is 0. The first-order valence-electron chi connectivity index (χ1n) is 6.00. The lowest BCUT2D eigenvalue weighted by Gasteiger charge is -2.17. The summed E-state index contributed by atoms with van der Waals surface area (Å²) >= 11 is 9.48. The van der Waals surface area contributed by atoms with Gasteiger partial charge >= 0.3 is 0 Å². The molecule has 1 N–H and O–H groups in total. The van der Waals surface area contributed by atoms with Crippen LogP contribution in [-0.2, 0) is 0 Å². The maximum Gasteiger partial charge on any atom is 0.146 e. The molecular formula is C15H14BrClO3. The van der Waals surface area contributed by atoms with E-state index in [0.717, 1.165) is 4.47 Å². The highest BCUT2D eigenvalue weighted by molar-refractivity contribution is 9.10. The van der Waals surface area contributed by atoms with E-state index in [1.165, 1.54) is 0 Å². The summed E-state index contributed by atoms with van der Waals surface area (Å²) in [5, 5.41) is 10.4. The van der Waals surface area contributed by atoms with Crippen LogP contribution >= 0.6 is 27.5 Å². The van der Waals surface area contributed by atoms with E-state index in [1.807, 2.05) is 6.07 Å². The highest BCUT2D eigenvalue weighted by atomic mass is 79.9. The van der Waals surface area contributed by atoms with E-state index in [0.29, 0.717) is 27.8 Å². The van der Waals surface area contributed by atoms with Crippen molar-refractivity contribution in [1.29, 1.82) is 0 Å². The van der Waals surface area contributed by atoms with Crippen molar-refractivity contribution >= 4 is 27.5 Å². The van der Waals surface area contributed by atoms with Crippen LogP contribution in [0.4, 0.5) is 0 Å². The van der Waals surface area contributed by atoms with Crippen molar-refractivity contribution in [2.24, 2.45) is 0 Å². The van der Waals surface area contributed by atoms with Gasteiger partial charge in [0.25, 0.3) is 0 Å². The minimum absolute atomic E-state index is 0.485. The van der Waals surface area contributed by atoms with Crippen LogP contribution in [0.25, 0.3) is 0 Å². The number of hydrogen-bond donors (Lipinski definition) is 1. The Morgan fingerprint density at radius 1 is 1.15 bits per heavy atom. The fourth-order valence-corrected chi connectivity index (χ4v) is 2.59. The smallest absolute Gasteiger partial charge is 0.146 e. The molecule has 0 aliphatic rings. The third-order valence-corrected chi connectivity index (χ3v) is 3.57. The molecule has 0 spiro atoms. The van der Waals surface area contributed by atoms with Crippen LogP contribution in [0.1, 0.15) is 18.6 Å². The zero-order chi connectivity index (χ0) is 14.7. The second kappa shape index (κ2) is 6.48. The van der Waals surface area contributed by atoms with Crippen molar-refractivity contribution in [3.63, 3.8) is 0 Å². The lowest BCUT2D eigenvalue weighted by atomic mass is 10.1. The Bertz CT molecular complexity index is 614. The number of methoxy groups -OCH3 is 1. The van der Waals surface area contributed by atoms with Gasteiger partial charge in [-0.1, -0.05) is 33.6 Å². The highest BCUT2D eigenvalue weighted by Crippen LogP contribution is 2.38. The molecule has 2 aromatic carbocycles. The Kier molecular flexibility index (Phi) is 4.91. The van der Waals surface area contributed by atoms with Crippen LogP contribution < -0.4 is 9.47 Å². The number of hydrogen-bond acceptors (Lipinski definition) is 3. The SMILES string of the molecule is COc1cccc(Oc2ccc(Br)cc2Cl)c1C(C)O. The van der Waals surface area contributed by atoms with E-state index >= 15 is 0 Å². The molecule has 5 heteroatoms. The molecule has 0 amide bonds. The molecule has 0 heterocycles. The molecule has 0 aliphatic carbocycles. The van der Waals surface area contributed by atoms with E-state index in [9.17, 15) is 5.11 Å². The topological polar surface area (TPSA) is 38.7 Å². The summed E-state index contributed by atoms with van der Waals surface area (Å²) in [5.41, 5.74) is 0.592. The molecule has 0 saturated heterocycles. The van der Waals surface area contributed by atoms with E-state index in [4.69, 9.17) is 21.1 Å². The van der Waals surface area contributed by atoms with Gasteiger partial charge in [-0.3, -0.25) is 0 Å². The normalized spacial score (nSPS) is 12.1. The number of aliphatic hydroxyl groups is 1. The van der Waals surface area contributed by atoms with Crippen LogP contribution in [0.2, 0.25) is 5.02 Å². The largest absolute Gasteiger partial charge is 0.496 e. The second-order valence-corrected chi connectivity index (χ2v) is 5.55. The van der Waals surface area contributed by atoms with Crippen molar-refractivity contribution in [2.45, 2.75) is 13.0 Å². The van der Waals surface area contributed by atoms with Gasteiger partial charge in [0.2, 0.25) is 0 Å². The van der Waals surface area contributed by atoms with E-state index in [2.05, 4.69) is 15.9 Å². The van der Waals surface area contributed by atoms with Crippen LogP contribution in [0.15, 0.2) is 40.9 Å². The van der Waals surface area contributed by atoms with Gasteiger partial charge in [0, 0.05) is 4.47 Å². The summed E-state index contributed by atoms with van der Waals surface area (Å²) in [6.07, 6.45) is -0.713. The molecule has 0 aliphatic heterocycles. The highest BCUT2D eigenvalue weighted by Gasteiger charge is 2.16. The minimum atomic E-state index is -0.713. The second-order valence-electron chi connectivity index (χ2n) is 4.22. The van der Waals surface area contributed by atoms with Crippen molar-refractivity contribution in [3.05, 3.63) is 51.5 Å². The quantitative estimate of drug-likeness (QED) is 0.841. The monoisotopic (exact) mass is 356 g/mol. The molecule has 1 atom stereocenters. The average molecular weight is 358 g/mol. The predicted octanol–water partition coefficient (Wildman–Crippen LogP) is 4.96. The maximum absolute atomic E-state index is 9.91. The lowest BCUT2D eigenvalue weighted by molar-refractivity contribution is 0.190. The first-order valence-corrected chi connectivity index (χ1v) is 7.18. The third-order valence-electron chi connectivity index (χ3n) is 2.78. The summed E-state index contributed by atoms with van der Waals surface area (Å²) in [6.45, 7) is 1.66. The molecule has 0 bridgehead atoms. The summed E-state index contributed by atoms with van der Waals surface area (Å²) in [5.74, 6) is 1.61. The standard InChI is InChI=1S/C15H14BrClO3/c1-9(18)15-13(19-2)4-3-5-14(15)20-12-7-6-10(16)8-11(12)17/h3-9,18H,1-2H3. The number of benzene rings is 2. The Morgan fingerprint density at radius 2 is 1.85 bits per heavy atom. The van der Waals surface area contributed by atoms with E-state index in [1.54, 1.807) is 44.4 Å².